The summed E-state index contributed by atoms with van der Waals surface area (Å²) in [4.78, 5) is 24.0. The number of nitrogen functional groups attached to an aromatic ring is 1. The lowest BCUT2D eigenvalue weighted by atomic mass is 9.86. The highest BCUT2D eigenvalue weighted by Gasteiger charge is 2.23. The minimum absolute atomic E-state index is 0.395. The van der Waals surface area contributed by atoms with Crippen LogP contribution in [0.25, 0.3) is 0 Å². The normalized spacial score (nSPS) is 16.7. The number of thioether (sulfide) groups is 1. The van der Waals surface area contributed by atoms with Crippen LogP contribution in [-0.4, -0.2) is 37.6 Å². The molecule has 3 amide bonds. The molecule has 1 aliphatic carbocycles. The molecule has 9 heteroatoms. The average Bonchev–Trinajstić information content (AvgIpc) is 2.92. The van der Waals surface area contributed by atoms with Crippen LogP contribution in [0.1, 0.15) is 72.0 Å². The highest BCUT2D eigenvalue weighted by Crippen LogP contribution is 2.28. The van der Waals surface area contributed by atoms with E-state index in [4.69, 9.17) is 5.84 Å². The number of nitrogens with zero attached hydrogens (tertiary/aromatic N) is 3. The molecule has 0 unspecified atom stereocenters. The van der Waals surface area contributed by atoms with Crippen molar-refractivity contribution < 1.29 is 9.59 Å². The summed E-state index contributed by atoms with van der Waals surface area (Å²) in [5.41, 5.74) is -0.411. The average molecular weight is 397 g/mol. The third kappa shape index (κ3) is 7.04. The number of nitrogens with one attached hydrogen (secondary N) is 2. The first-order chi connectivity index (χ1) is 12.7. The van der Waals surface area contributed by atoms with Gasteiger partial charge in [0.1, 0.15) is 0 Å². The van der Waals surface area contributed by atoms with E-state index in [1.54, 1.807) is 6.92 Å². The number of rotatable bonds is 6. The molecule has 27 heavy (non-hydrogen) atoms. The van der Waals surface area contributed by atoms with Gasteiger partial charge < -0.3 is 11.2 Å². The monoisotopic (exact) mass is 396 g/mol. The van der Waals surface area contributed by atoms with E-state index in [1.807, 2.05) is 20.8 Å². The topological polar surface area (TPSA) is 115 Å². The van der Waals surface area contributed by atoms with E-state index in [0.29, 0.717) is 5.16 Å². The highest BCUT2D eigenvalue weighted by atomic mass is 32.2. The van der Waals surface area contributed by atoms with Crippen LogP contribution in [0, 0.1) is 5.92 Å². The molecule has 4 N–H and O–H groups in total. The summed E-state index contributed by atoms with van der Waals surface area (Å²) in [6.07, 6.45) is 8.42. The zero-order valence-corrected chi connectivity index (χ0v) is 17.6. The fourth-order valence-electron chi connectivity index (χ4n) is 3.16. The van der Waals surface area contributed by atoms with E-state index >= 15 is 0 Å². The van der Waals surface area contributed by atoms with Gasteiger partial charge in [0.05, 0.1) is 5.25 Å². The summed E-state index contributed by atoms with van der Waals surface area (Å²) in [6.45, 7) is 7.25. The van der Waals surface area contributed by atoms with Crippen molar-refractivity contribution in [3.05, 3.63) is 5.82 Å². The molecule has 0 saturated heterocycles. The van der Waals surface area contributed by atoms with Crippen molar-refractivity contribution in [1.82, 2.24) is 25.5 Å². The Labute approximate surface area is 165 Å². The summed E-state index contributed by atoms with van der Waals surface area (Å²) < 4.78 is 1.46. The maximum atomic E-state index is 12.2. The Morgan fingerprint density at radius 1 is 1.26 bits per heavy atom. The number of aromatic nitrogens is 3. The van der Waals surface area contributed by atoms with Crippen molar-refractivity contribution in [3.8, 4) is 0 Å². The second kappa shape index (κ2) is 9.43. The predicted molar refractivity (Wildman–Crippen MR) is 107 cm³/mol. The molecule has 1 aromatic rings. The molecule has 1 saturated carbocycles. The van der Waals surface area contributed by atoms with Crippen molar-refractivity contribution in [2.45, 2.75) is 88.6 Å². The molecular weight excluding hydrogens is 364 g/mol. The third-order valence-corrected chi connectivity index (χ3v) is 5.67. The molecule has 0 aromatic carbocycles. The smallest absolute Gasteiger partial charge is 0.321 e. The lowest BCUT2D eigenvalue weighted by Crippen LogP contribution is -2.49. The van der Waals surface area contributed by atoms with E-state index in [9.17, 15) is 9.59 Å². The molecule has 0 aliphatic heterocycles. The van der Waals surface area contributed by atoms with E-state index in [0.717, 1.165) is 24.6 Å². The second-order valence-electron chi connectivity index (χ2n) is 8.26. The lowest BCUT2D eigenvalue weighted by molar-refractivity contribution is -0.119. The van der Waals surface area contributed by atoms with Crippen molar-refractivity contribution in [3.63, 3.8) is 0 Å². The molecule has 0 radical (unpaired) electrons. The first-order valence-electron chi connectivity index (χ1n) is 9.65. The van der Waals surface area contributed by atoms with Gasteiger partial charge in [-0.05, 0) is 40.0 Å². The molecule has 152 valence electrons. The Morgan fingerprint density at radius 2 is 1.93 bits per heavy atom. The van der Waals surface area contributed by atoms with Crippen LogP contribution in [0.5, 0.6) is 0 Å². The number of hydrogen-bond acceptors (Lipinski definition) is 6. The quantitative estimate of drug-likeness (QED) is 0.503. The molecule has 0 spiro atoms. The molecule has 1 heterocycles. The summed E-state index contributed by atoms with van der Waals surface area (Å²) in [5.74, 6) is 7.20. The highest BCUT2D eigenvalue weighted by molar-refractivity contribution is 8.00. The van der Waals surface area contributed by atoms with Crippen molar-refractivity contribution in [1.29, 1.82) is 0 Å². The van der Waals surface area contributed by atoms with Gasteiger partial charge in [0, 0.05) is 12.0 Å². The number of carbonyl (C=O) groups is 2. The molecule has 1 aliphatic rings. The lowest BCUT2D eigenvalue weighted by Gasteiger charge is -2.21. The number of aryl methyl sites for hydroxylation is 1. The Hall–Kier alpha value is -1.77. The van der Waals surface area contributed by atoms with Gasteiger partial charge in [-0.2, -0.15) is 0 Å². The molecule has 8 nitrogen and oxygen atoms in total. The SMILES string of the molecule is C[C@H](Sc1nnc(CCC2CCCCC2)n1N)C(=O)NC(=O)NC(C)(C)C. The van der Waals surface area contributed by atoms with Crippen molar-refractivity contribution >= 4 is 23.7 Å². The summed E-state index contributed by atoms with van der Waals surface area (Å²) in [7, 11) is 0. The zero-order valence-electron chi connectivity index (χ0n) is 16.7. The number of urea groups is 1. The summed E-state index contributed by atoms with van der Waals surface area (Å²) in [5, 5.41) is 13.3. The minimum atomic E-state index is -0.520. The standard InChI is InChI=1S/C18H32N6O2S/c1-12(15(25)20-16(26)21-18(2,3)4)27-17-23-22-14(24(17)19)11-10-13-8-6-5-7-9-13/h12-13H,5-11,19H2,1-4H3,(H2,20,21,25,26)/t12-/m0/s1. The van der Waals surface area contributed by atoms with Crippen LogP contribution in [0.2, 0.25) is 0 Å². The first kappa shape index (κ1) is 21.5. The summed E-state index contributed by atoms with van der Waals surface area (Å²) in [6, 6.07) is -0.512. The number of carbonyl (C=O) groups excluding carboxylic acids is 2. The third-order valence-electron chi connectivity index (χ3n) is 4.61. The van der Waals surface area contributed by atoms with E-state index in [-0.39, 0.29) is 0 Å². The Balaban J connectivity index is 1.84. The Morgan fingerprint density at radius 3 is 2.56 bits per heavy atom. The second-order valence-corrected chi connectivity index (χ2v) is 9.57. The molecule has 1 fully saturated rings. The van der Waals surface area contributed by atoms with Gasteiger partial charge in [-0.3, -0.25) is 10.1 Å². The van der Waals surface area contributed by atoms with Gasteiger partial charge in [0.15, 0.2) is 5.82 Å². The van der Waals surface area contributed by atoms with Crippen LogP contribution < -0.4 is 16.5 Å². The molecule has 1 atom stereocenters. The molecular formula is C18H32N6O2S. The fraction of sp³-hybridized carbons (Fsp3) is 0.778. The van der Waals surface area contributed by atoms with Crippen LogP contribution in [0.15, 0.2) is 5.16 Å². The number of amides is 3. The van der Waals surface area contributed by atoms with Gasteiger partial charge in [0.2, 0.25) is 11.1 Å². The predicted octanol–water partition coefficient (Wildman–Crippen LogP) is 2.61. The number of hydrogen-bond donors (Lipinski definition) is 3. The van der Waals surface area contributed by atoms with Crippen molar-refractivity contribution in [2.75, 3.05) is 5.84 Å². The van der Waals surface area contributed by atoms with Crippen LogP contribution in [0.3, 0.4) is 0 Å². The van der Waals surface area contributed by atoms with Crippen LogP contribution in [-0.2, 0) is 11.2 Å². The van der Waals surface area contributed by atoms with E-state index < -0.39 is 22.7 Å². The first-order valence-corrected chi connectivity index (χ1v) is 10.5. The van der Waals surface area contributed by atoms with Gasteiger partial charge in [-0.1, -0.05) is 43.9 Å². The zero-order chi connectivity index (χ0) is 20.0. The van der Waals surface area contributed by atoms with E-state index in [1.165, 1.54) is 48.5 Å². The Kier molecular flexibility index (Phi) is 7.52. The fourth-order valence-corrected chi connectivity index (χ4v) is 3.95. The number of imide groups is 1. The van der Waals surface area contributed by atoms with Gasteiger partial charge >= 0.3 is 6.03 Å². The van der Waals surface area contributed by atoms with Gasteiger partial charge in [0.25, 0.3) is 0 Å². The maximum absolute atomic E-state index is 12.2. The molecule has 1 aromatic heterocycles. The maximum Gasteiger partial charge on any atom is 0.321 e. The van der Waals surface area contributed by atoms with E-state index in [2.05, 4.69) is 20.8 Å². The van der Waals surface area contributed by atoms with Crippen molar-refractivity contribution in [2.24, 2.45) is 5.92 Å². The molecule has 0 bridgehead atoms. The van der Waals surface area contributed by atoms with Crippen LogP contribution >= 0.6 is 11.8 Å². The van der Waals surface area contributed by atoms with Gasteiger partial charge in [-0.15, -0.1) is 10.2 Å². The largest absolute Gasteiger partial charge is 0.336 e. The number of nitrogens with two attached hydrogens (primary N) is 1. The van der Waals surface area contributed by atoms with Crippen LogP contribution in [0.4, 0.5) is 4.79 Å². The summed E-state index contributed by atoms with van der Waals surface area (Å²) >= 11 is 1.19. The Bertz CT molecular complexity index is 649. The van der Waals surface area contributed by atoms with Gasteiger partial charge in [-0.25, -0.2) is 9.47 Å². The minimum Gasteiger partial charge on any atom is -0.336 e. The molecule has 2 rings (SSSR count).